The normalized spacial score (nSPS) is 34.9. The van der Waals surface area contributed by atoms with Crippen LogP contribution in [0.3, 0.4) is 0 Å². The highest BCUT2D eigenvalue weighted by Crippen LogP contribution is 2.44. The summed E-state index contributed by atoms with van der Waals surface area (Å²) in [4.78, 5) is 11.4. The first-order chi connectivity index (χ1) is 5.96. The second kappa shape index (κ2) is 3.64. The fourth-order valence-corrected chi connectivity index (χ4v) is 1.94. The number of amides is 1. The van der Waals surface area contributed by atoms with Gasteiger partial charge in [-0.05, 0) is 32.6 Å². The zero-order valence-electron chi connectivity index (χ0n) is 8.56. The summed E-state index contributed by atoms with van der Waals surface area (Å²) in [6.45, 7) is 6.03. The summed E-state index contributed by atoms with van der Waals surface area (Å²) in [5.74, 6) is 0.258. The van der Waals surface area contributed by atoms with Crippen LogP contribution >= 0.6 is 0 Å². The van der Waals surface area contributed by atoms with Gasteiger partial charge in [-0.3, -0.25) is 4.79 Å². The van der Waals surface area contributed by atoms with Crippen molar-refractivity contribution in [3.05, 3.63) is 0 Å². The maximum absolute atomic E-state index is 13.1. The minimum absolute atomic E-state index is 0.0382. The van der Waals surface area contributed by atoms with Gasteiger partial charge in [0.2, 0.25) is 5.91 Å². The van der Waals surface area contributed by atoms with E-state index in [1.54, 1.807) is 6.92 Å². The maximum atomic E-state index is 13.1. The van der Waals surface area contributed by atoms with E-state index in [9.17, 15) is 9.18 Å². The second-order valence-electron chi connectivity index (χ2n) is 4.26. The van der Waals surface area contributed by atoms with Crippen LogP contribution in [0.2, 0.25) is 0 Å². The molecule has 1 aliphatic carbocycles. The first kappa shape index (κ1) is 10.5. The molecule has 1 aliphatic rings. The van der Waals surface area contributed by atoms with Crippen molar-refractivity contribution in [3.8, 4) is 0 Å². The number of hydrogen-bond acceptors (Lipinski definition) is 1. The molecule has 1 amide bonds. The fourth-order valence-electron chi connectivity index (χ4n) is 1.94. The van der Waals surface area contributed by atoms with Crippen molar-refractivity contribution in [1.29, 1.82) is 0 Å². The third kappa shape index (κ3) is 2.42. The summed E-state index contributed by atoms with van der Waals surface area (Å²) in [6.07, 6.45) is 1.07. The zero-order valence-corrected chi connectivity index (χ0v) is 8.56. The summed E-state index contributed by atoms with van der Waals surface area (Å²) in [6, 6.07) is 0. The molecular formula is C10H18FNO. The van der Waals surface area contributed by atoms with Gasteiger partial charge in [-0.1, -0.05) is 6.92 Å². The minimum Gasteiger partial charge on any atom is -0.356 e. The average Bonchev–Trinajstić information content (AvgIpc) is 1.99. The van der Waals surface area contributed by atoms with Gasteiger partial charge in [0.05, 0.1) is 0 Å². The molecule has 1 fully saturated rings. The van der Waals surface area contributed by atoms with E-state index in [2.05, 4.69) is 5.32 Å². The lowest BCUT2D eigenvalue weighted by Crippen LogP contribution is -2.44. The summed E-state index contributed by atoms with van der Waals surface area (Å²) in [5, 5.41) is 2.76. The SMILES string of the molecule is CCNC(=O)[C@H](C)C1CC(C)(F)C1. The molecule has 2 nitrogen and oxygen atoms in total. The highest BCUT2D eigenvalue weighted by atomic mass is 19.1. The van der Waals surface area contributed by atoms with Crippen LogP contribution in [0.15, 0.2) is 0 Å². The van der Waals surface area contributed by atoms with E-state index >= 15 is 0 Å². The number of carbonyl (C=O) groups is 1. The largest absolute Gasteiger partial charge is 0.356 e. The van der Waals surface area contributed by atoms with Crippen LogP contribution in [0.5, 0.6) is 0 Å². The Morgan fingerprint density at radius 2 is 2.23 bits per heavy atom. The van der Waals surface area contributed by atoms with Crippen LogP contribution in [0.25, 0.3) is 0 Å². The molecule has 1 saturated carbocycles. The molecule has 0 saturated heterocycles. The van der Waals surface area contributed by atoms with Crippen LogP contribution < -0.4 is 5.32 Å². The van der Waals surface area contributed by atoms with Gasteiger partial charge in [-0.2, -0.15) is 0 Å². The molecule has 0 aromatic rings. The lowest BCUT2D eigenvalue weighted by atomic mass is 9.67. The Labute approximate surface area is 78.9 Å². The summed E-state index contributed by atoms with van der Waals surface area (Å²) < 4.78 is 13.1. The monoisotopic (exact) mass is 187 g/mol. The van der Waals surface area contributed by atoms with Crippen LogP contribution in [0.4, 0.5) is 4.39 Å². The molecule has 1 atom stereocenters. The van der Waals surface area contributed by atoms with Gasteiger partial charge in [0, 0.05) is 12.5 Å². The van der Waals surface area contributed by atoms with Gasteiger partial charge in [0.25, 0.3) is 0 Å². The molecular weight excluding hydrogens is 169 g/mol. The summed E-state index contributed by atoms with van der Waals surface area (Å²) in [7, 11) is 0. The molecule has 0 unspecified atom stereocenters. The van der Waals surface area contributed by atoms with E-state index in [1.807, 2.05) is 13.8 Å². The number of alkyl halides is 1. The third-order valence-electron chi connectivity index (χ3n) is 2.85. The van der Waals surface area contributed by atoms with E-state index in [0.717, 1.165) is 0 Å². The molecule has 0 heterocycles. The highest BCUT2D eigenvalue weighted by Gasteiger charge is 2.44. The Hall–Kier alpha value is -0.600. The smallest absolute Gasteiger partial charge is 0.223 e. The molecule has 0 radical (unpaired) electrons. The fraction of sp³-hybridized carbons (Fsp3) is 0.900. The first-order valence-corrected chi connectivity index (χ1v) is 4.93. The molecule has 0 aromatic carbocycles. The highest BCUT2D eigenvalue weighted by molar-refractivity contribution is 5.78. The number of rotatable bonds is 3. The molecule has 0 aliphatic heterocycles. The van der Waals surface area contributed by atoms with E-state index in [0.29, 0.717) is 19.4 Å². The van der Waals surface area contributed by atoms with Crippen molar-refractivity contribution in [1.82, 2.24) is 5.32 Å². The Balaban J connectivity index is 2.34. The van der Waals surface area contributed by atoms with Crippen molar-refractivity contribution in [3.63, 3.8) is 0 Å². The molecule has 1 N–H and O–H groups in total. The molecule has 1 rings (SSSR count). The predicted molar refractivity (Wildman–Crippen MR) is 50.1 cm³/mol. The van der Waals surface area contributed by atoms with Crippen LogP contribution in [-0.4, -0.2) is 18.1 Å². The predicted octanol–water partition coefficient (Wildman–Crippen LogP) is 1.90. The van der Waals surface area contributed by atoms with Gasteiger partial charge in [-0.15, -0.1) is 0 Å². The number of carbonyl (C=O) groups excluding carboxylic acids is 1. The Bertz CT molecular complexity index is 195. The van der Waals surface area contributed by atoms with Gasteiger partial charge in [-0.25, -0.2) is 4.39 Å². The Morgan fingerprint density at radius 1 is 1.69 bits per heavy atom. The average molecular weight is 187 g/mol. The summed E-state index contributed by atoms with van der Waals surface area (Å²) >= 11 is 0. The van der Waals surface area contributed by atoms with E-state index in [1.165, 1.54) is 0 Å². The maximum Gasteiger partial charge on any atom is 0.223 e. The van der Waals surface area contributed by atoms with Crippen molar-refractivity contribution < 1.29 is 9.18 Å². The van der Waals surface area contributed by atoms with Crippen molar-refractivity contribution in [2.75, 3.05) is 6.54 Å². The zero-order chi connectivity index (χ0) is 10.1. The van der Waals surface area contributed by atoms with E-state index in [-0.39, 0.29) is 17.7 Å². The molecule has 76 valence electrons. The van der Waals surface area contributed by atoms with Gasteiger partial charge < -0.3 is 5.32 Å². The van der Waals surface area contributed by atoms with Crippen LogP contribution in [0, 0.1) is 11.8 Å². The molecule has 3 heteroatoms. The lowest BCUT2D eigenvalue weighted by Gasteiger charge is -2.41. The molecule has 0 bridgehead atoms. The van der Waals surface area contributed by atoms with Crippen LogP contribution in [0.1, 0.15) is 33.6 Å². The quantitative estimate of drug-likeness (QED) is 0.718. The Morgan fingerprint density at radius 3 is 2.62 bits per heavy atom. The number of halogens is 1. The third-order valence-corrected chi connectivity index (χ3v) is 2.85. The minimum atomic E-state index is -1.02. The second-order valence-corrected chi connectivity index (χ2v) is 4.26. The number of hydrogen-bond donors (Lipinski definition) is 1. The topological polar surface area (TPSA) is 29.1 Å². The molecule has 0 spiro atoms. The van der Waals surface area contributed by atoms with Crippen LogP contribution in [-0.2, 0) is 4.79 Å². The van der Waals surface area contributed by atoms with Gasteiger partial charge in [0.15, 0.2) is 0 Å². The molecule has 0 aromatic heterocycles. The summed E-state index contributed by atoms with van der Waals surface area (Å²) in [5.41, 5.74) is -1.02. The van der Waals surface area contributed by atoms with Crippen molar-refractivity contribution >= 4 is 5.91 Å². The van der Waals surface area contributed by atoms with Crippen molar-refractivity contribution in [2.24, 2.45) is 11.8 Å². The lowest BCUT2D eigenvalue weighted by molar-refractivity contribution is -0.129. The molecule has 13 heavy (non-hydrogen) atoms. The Kier molecular flexibility index (Phi) is 2.94. The standard InChI is InChI=1S/C10H18FNO/c1-4-12-9(13)7(2)8-5-10(3,11)6-8/h7-8H,4-6H2,1-3H3,(H,12,13)/t7-,8?,10?/m1/s1. The van der Waals surface area contributed by atoms with Gasteiger partial charge >= 0.3 is 0 Å². The first-order valence-electron chi connectivity index (χ1n) is 4.93. The van der Waals surface area contributed by atoms with Crippen molar-refractivity contribution in [2.45, 2.75) is 39.3 Å². The van der Waals surface area contributed by atoms with E-state index < -0.39 is 5.67 Å². The van der Waals surface area contributed by atoms with Gasteiger partial charge in [0.1, 0.15) is 5.67 Å². The number of nitrogens with one attached hydrogen (secondary N) is 1. The van der Waals surface area contributed by atoms with E-state index in [4.69, 9.17) is 0 Å².